The van der Waals surface area contributed by atoms with Crippen molar-refractivity contribution in [2.75, 3.05) is 7.11 Å². The van der Waals surface area contributed by atoms with Gasteiger partial charge in [-0.15, -0.1) is 0 Å². The van der Waals surface area contributed by atoms with Gasteiger partial charge in [0.15, 0.2) is 5.78 Å². The maximum absolute atomic E-state index is 12.5. The summed E-state index contributed by atoms with van der Waals surface area (Å²) in [6.45, 7) is 11.1. The lowest BCUT2D eigenvalue weighted by Gasteiger charge is -2.10. The summed E-state index contributed by atoms with van der Waals surface area (Å²) in [7, 11) is 1.63. The molecule has 0 N–H and O–H groups in total. The van der Waals surface area contributed by atoms with Crippen molar-refractivity contribution in [1.82, 2.24) is 0 Å². The molecule has 0 aliphatic carbocycles. The van der Waals surface area contributed by atoms with Crippen LogP contribution in [-0.4, -0.2) is 18.9 Å². The number of rotatable bonds is 8. The Morgan fingerprint density at radius 3 is 2.06 bits per heavy atom. The van der Waals surface area contributed by atoms with Gasteiger partial charge in [0.05, 0.1) is 7.11 Å². The molecule has 4 heteroatoms. The van der Waals surface area contributed by atoms with Crippen LogP contribution >= 0.6 is 0 Å². The summed E-state index contributed by atoms with van der Waals surface area (Å²) >= 11 is 0. The number of hydrogen-bond donors (Lipinski definition) is 0. The van der Waals surface area contributed by atoms with Crippen molar-refractivity contribution in [3.05, 3.63) is 108 Å². The number of ether oxygens (including phenoxy) is 2. The molecule has 0 fully saturated rings. The molecule has 3 aromatic carbocycles. The summed E-state index contributed by atoms with van der Waals surface area (Å²) in [6, 6.07) is 20.4. The maximum atomic E-state index is 12.5. The van der Waals surface area contributed by atoms with E-state index in [4.69, 9.17) is 9.47 Å². The van der Waals surface area contributed by atoms with E-state index in [1.807, 2.05) is 49.4 Å². The highest BCUT2D eigenvalue weighted by atomic mass is 16.5. The summed E-state index contributed by atoms with van der Waals surface area (Å²) in [5.41, 5.74) is 5.75. The van der Waals surface area contributed by atoms with Crippen molar-refractivity contribution in [3.8, 4) is 22.6 Å². The Hall–Kier alpha value is -4.18. The molecule has 3 rings (SSSR count). The van der Waals surface area contributed by atoms with Gasteiger partial charge in [0.2, 0.25) is 0 Å². The van der Waals surface area contributed by atoms with Gasteiger partial charge in [0, 0.05) is 16.7 Å². The second-order valence-electron chi connectivity index (χ2n) is 7.71. The average Bonchev–Trinajstić information content (AvgIpc) is 2.82. The smallest absolute Gasteiger partial charge is 0.338 e. The Labute approximate surface area is 194 Å². The number of benzene rings is 3. The average molecular weight is 439 g/mol. The van der Waals surface area contributed by atoms with E-state index >= 15 is 0 Å². The van der Waals surface area contributed by atoms with Crippen molar-refractivity contribution < 1.29 is 19.1 Å². The fourth-order valence-corrected chi connectivity index (χ4v) is 3.13. The lowest BCUT2D eigenvalue weighted by Crippen LogP contribution is -2.08. The molecule has 0 bridgehead atoms. The summed E-state index contributed by atoms with van der Waals surface area (Å²) < 4.78 is 10.7. The highest BCUT2D eigenvalue weighted by Crippen LogP contribution is 2.32. The van der Waals surface area contributed by atoms with Crippen molar-refractivity contribution >= 4 is 23.4 Å². The van der Waals surface area contributed by atoms with E-state index in [1.165, 1.54) is 6.08 Å². The molecule has 0 saturated heterocycles. The monoisotopic (exact) mass is 438 g/mol. The Morgan fingerprint density at radius 2 is 1.48 bits per heavy atom. The zero-order chi connectivity index (χ0) is 24.0. The highest BCUT2D eigenvalue weighted by molar-refractivity contribution is 6.07. The fraction of sp³-hybridized carbons (Fsp3) is 0.103. The van der Waals surface area contributed by atoms with Gasteiger partial charge in [0.25, 0.3) is 0 Å². The van der Waals surface area contributed by atoms with Crippen LogP contribution in [0.25, 0.3) is 22.8 Å². The Morgan fingerprint density at radius 1 is 0.848 bits per heavy atom. The van der Waals surface area contributed by atoms with E-state index in [0.29, 0.717) is 16.9 Å². The zero-order valence-electron chi connectivity index (χ0n) is 19.1. The molecule has 0 aromatic heterocycles. The van der Waals surface area contributed by atoms with Crippen LogP contribution in [0.15, 0.2) is 91.5 Å². The zero-order valence-corrected chi connectivity index (χ0v) is 19.1. The molecule has 3 aromatic rings. The predicted molar refractivity (Wildman–Crippen MR) is 133 cm³/mol. The van der Waals surface area contributed by atoms with E-state index in [0.717, 1.165) is 33.6 Å². The lowest BCUT2D eigenvalue weighted by atomic mass is 9.99. The van der Waals surface area contributed by atoms with Crippen LogP contribution in [0, 0.1) is 0 Å². The van der Waals surface area contributed by atoms with Crippen LogP contribution < -0.4 is 9.47 Å². The van der Waals surface area contributed by atoms with E-state index in [2.05, 4.69) is 13.2 Å². The van der Waals surface area contributed by atoms with E-state index in [-0.39, 0.29) is 5.78 Å². The van der Waals surface area contributed by atoms with E-state index in [9.17, 15) is 9.59 Å². The second kappa shape index (κ2) is 10.4. The van der Waals surface area contributed by atoms with Gasteiger partial charge >= 0.3 is 5.97 Å². The predicted octanol–water partition coefficient (Wildman–Crippen LogP) is 6.77. The standard InChI is InChI=1S/C29H26O4/c1-19(2)22-8-10-23(11-9-22)26-16-6-21(18-28(26)32-5)7-17-27(30)24-12-14-25(15-13-24)33-29(31)20(3)4/h6-18H,1,3H2,2,4-5H3/b17-7+. The highest BCUT2D eigenvalue weighted by Gasteiger charge is 2.09. The first-order valence-corrected chi connectivity index (χ1v) is 10.4. The van der Waals surface area contributed by atoms with Crippen molar-refractivity contribution in [3.63, 3.8) is 0 Å². The van der Waals surface area contributed by atoms with Gasteiger partial charge in [-0.3, -0.25) is 4.79 Å². The van der Waals surface area contributed by atoms with Crippen LogP contribution in [0.2, 0.25) is 0 Å². The molecule has 33 heavy (non-hydrogen) atoms. The molecule has 166 valence electrons. The number of methoxy groups -OCH3 is 1. The molecule has 0 radical (unpaired) electrons. The molecule has 0 spiro atoms. The van der Waals surface area contributed by atoms with Crippen LogP contribution in [0.3, 0.4) is 0 Å². The molecule has 0 aliphatic heterocycles. The van der Waals surface area contributed by atoms with Crippen LogP contribution in [-0.2, 0) is 4.79 Å². The van der Waals surface area contributed by atoms with E-state index < -0.39 is 5.97 Å². The molecular formula is C29H26O4. The molecule has 0 atom stereocenters. The molecule has 0 amide bonds. The first-order chi connectivity index (χ1) is 15.8. The third-order valence-corrected chi connectivity index (χ3v) is 5.04. The Balaban J connectivity index is 1.74. The van der Waals surface area contributed by atoms with Gasteiger partial charge in [0.1, 0.15) is 11.5 Å². The van der Waals surface area contributed by atoms with Gasteiger partial charge < -0.3 is 9.47 Å². The van der Waals surface area contributed by atoms with Crippen molar-refractivity contribution in [1.29, 1.82) is 0 Å². The molecule has 4 nitrogen and oxygen atoms in total. The quantitative estimate of drug-likeness (QED) is 0.168. The Bertz CT molecular complexity index is 1230. The lowest BCUT2D eigenvalue weighted by molar-refractivity contribution is -0.130. The number of carbonyl (C=O) groups excluding carboxylic acids is 2. The van der Waals surface area contributed by atoms with Crippen LogP contribution in [0.1, 0.15) is 35.3 Å². The minimum absolute atomic E-state index is 0.161. The number of esters is 1. The van der Waals surface area contributed by atoms with Gasteiger partial charge in [-0.1, -0.05) is 61.2 Å². The molecule has 0 aliphatic rings. The fourth-order valence-electron chi connectivity index (χ4n) is 3.13. The normalized spacial score (nSPS) is 10.6. The van der Waals surface area contributed by atoms with Crippen molar-refractivity contribution in [2.24, 2.45) is 0 Å². The third kappa shape index (κ3) is 5.95. The minimum Gasteiger partial charge on any atom is -0.496 e. The van der Waals surface area contributed by atoms with Gasteiger partial charge in [-0.2, -0.15) is 0 Å². The first kappa shape index (κ1) is 23.5. The maximum Gasteiger partial charge on any atom is 0.338 e. The Kier molecular flexibility index (Phi) is 7.42. The van der Waals surface area contributed by atoms with Crippen molar-refractivity contribution in [2.45, 2.75) is 13.8 Å². The molecule has 0 saturated carbocycles. The number of ketones is 1. The van der Waals surface area contributed by atoms with Crippen LogP contribution in [0.5, 0.6) is 11.5 Å². The number of hydrogen-bond acceptors (Lipinski definition) is 4. The largest absolute Gasteiger partial charge is 0.496 e. The van der Waals surface area contributed by atoms with Gasteiger partial charge in [-0.25, -0.2) is 4.79 Å². The molecule has 0 unspecified atom stereocenters. The topological polar surface area (TPSA) is 52.6 Å². The van der Waals surface area contributed by atoms with Gasteiger partial charge in [-0.05, 0) is 66.9 Å². The minimum atomic E-state index is -0.502. The number of carbonyl (C=O) groups is 2. The first-order valence-electron chi connectivity index (χ1n) is 10.4. The molecule has 0 heterocycles. The number of allylic oxidation sites excluding steroid dienone is 2. The SMILES string of the molecule is C=C(C)C(=O)Oc1ccc(C(=O)/C=C/c2ccc(-c3ccc(C(=C)C)cc3)c(OC)c2)cc1. The summed E-state index contributed by atoms with van der Waals surface area (Å²) in [5.74, 6) is 0.417. The summed E-state index contributed by atoms with van der Waals surface area (Å²) in [6.07, 6.45) is 3.25. The molecular weight excluding hydrogens is 412 g/mol. The van der Waals surface area contributed by atoms with E-state index in [1.54, 1.807) is 44.4 Å². The second-order valence-corrected chi connectivity index (χ2v) is 7.71. The summed E-state index contributed by atoms with van der Waals surface area (Å²) in [4.78, 5) is 24.1. The van der Waals surface area contributed by atoms with Crippen LogP contribution in [0.4, 0.5) is 0 Å². The third-order valence-electron chi connectivity index (χ3n) is 5.04. The summed E-state index contributed by atoms with van der Waals surface area (Å²) in [5, 5.41) is 0.